The molecule has 2 aromatic carbocycles. The zero-order valence-electron chi connectivity index (χ0n) is 33.8. The number of rotatable bonds is 28. The van der Waals surface area contributed by atoms with E-state index in [0.717, 1.165) is 50.0 Å². The molecule has 2 atom stereocenters. The van der Waals surface area contributed by atoms with Gasteiger partial charge in [-0.05, 0) is 87.1 Å². The largest absolute Gasteiger partial charge is 0.513 e. The van der Waals surface area contributed by atoms with E-state index in [1.54, 1.807) is 38.1 Å². The van der Waals surface area contributed by atoms with Gasteiger partial charge in [0.2, 0.25) is 0 Å². The predicted octanol–water partition coefficient (Wildman–Crippen LogP) is 9.62. The van der Waals surface area contributed by atoms with Gasteiger partial charge in [-0.25, -0.2) is 9.59 Å². The number of amides is 2. The van der Waals surface area contributed by atoms with Crippen LogP contribution in [0.15, 0.2) is 36.4 Å². The summed E-state index contributed by atoms with van der Waals surface area (Å²) in [7, 11) is 3.00. The third-order valence-electron chi connectivity index (χ3n) is 9.09. The van der Waals surface area contributed by atoms with Gasteiger partial charge in [-0.15, -0.1) is 0 Å². The lowest BCUT2D eigenvalue weighted by Gasteiger charge is -2.21. The van der Waals surface area contributed by atoms with Crippen molar-refractivity contribution in [3.63, 3.8) is 0 Å². The summed E-state index contributed by atoms with van der Waals surface area (Å²) in [5, 5.41) is 6.06. The highest BCUT2D eigenvalue weighted by atomic mass is 32.2. The van der Waals surface area contributed by atoms with Gasteiger partial charge in [0.15, 0.2) is 11.5 Å². The zero-order chi connectivity index (χ0) is 40.3. The van der Waals surface area contributed by atoms with Gasteiger partial charge in [-0.2, -0.15) is 11.8 Å². The summed E-state index contributed by atoms with van der Waals surface area (Å²) in [4.78, 5) is 50.6. The molecule has 0 saturated heterocycles. The zero-order valence-corrected chi connectivity index (χ0v) is 34.7. The molecule has 0 spiro atoms. The van der Waals surface area contributed by atoms with E-state index < -0.39 is 12.3 Å². The average molecular weight is 789 g/mol. The molecule has 0 aliphatic rings. The first-order valence-corrected chi connectivity index (χ1v) is 21.0. The molecule has 13 heteroatoms. The molecule has 55 heavy (non-hydrogen) atoms. The molecule has 0 heterocycles. The van der Waals surface area contributed by atoms with Crippen LogP contribution < -0.4 is 29.6 Å². The van der Waals surface area contributed by atoms with Crippen LogP contribution in [-0.4, -0.2) is 76.2 Å². The number of ether oxygens (including phenoxy) is 6. The van der Waals surface area contributed by atoms with Crippen LogP contribution in [0.5, 0.6) is 23.0 Å². The Bertz CT molecular complexity index is 1330. The molecule has 2 N–H and O–H groups in total. The summed E-state index contributed by atoms with van der Waals surface area (Å²) >= 11 is 1.95. The van der Waals surface area contributed by atoms with Crippen molar-refractivity contribution in [2.24, 2.45) is 11.8 Å². The Morgan fingerprint density at radius 1 is 0.582 bits per heavy atom. The van der Waals surface area contributed by atoms with Crippen molar-refractivity contribution >= 4 is 35.9 Å². The summed E-state index contributed by atoms with van der Waals surface area (Å²) in [6.45, 7) is 9.05. The Kier molecular flexibility index (Phi) is 24.2. The monoisotopic (exact) mass is 788 g/mol. The van der Waals surface area contributed by atoms with Crippen molar-refractivity contribution in [2.75, 3.05) is 52.0 Å². The van der Waals surface area contributed by atoms with Crippen molar-refractivity contribution < 1.29 is 47.6 Å². The number of hydrogen-bond acceptors (Lipinski definition) is 11. The molecule has 2 unspecified atom stereocenters. The number of unbranched alkanes of at least 4 members (excludes halogenated alkanes) is 6. The van der Waals surface area contributed by atoms with Crippen LogP contribution in [0.1, 0.15) is 125 Å². The number of nitrogens with one attached hydrogen (secondary N) is 2. The molecular weight excluding hydrogens is 725 g/mol. The second-order valence-corrected chi connectivity index (χ2v) is 14.4. The maximum Gasteiger partial charge on any atom is 0.513 e. The number of carbonyl (C=O) groups excluding carboxylic acids is 4. The predicted molar refractivity (Wildman–Crippen MR) is 217 cm³/mol. The van der Waals surface area contributed by atoms with E-state index in [-0.39, 0.29) is 47.7 Å². The highest BCUT2D eigenvalue weighted by Crippen LogP contribution is 2.28. The minimum atomic E-state index is -0.882. The number of carbonyl (C=O) groups is 4. The number of benzene rings is 2. The molecule has 0 bridgehead atoms. The van der Waals surface area contributed by atoms with Crippen molar-refractivity contribution in [3.8, 4) is 23.0 Å². The lowest BCUT2D eigenvalue weighted by atomic mass is 9.99. The minimum Gasteiger partial charge on any atom is -0.497 e. The number of thioether (sulfide) groups is 1. The van der Waals surface area contributed by atoms with Gasteiger partial charge in [-0.3, -0.25) is 9.59 Å². The molecule has 0 aromatic heterocycles. The third kappa shape index (κ3) is 18.8. The smallest absolute Gasteiger partial charge is 0.497 e. The minimum absolute atomic E-state index is 0.0811. The Hall–Kier alpha value is -4.13. The van der Waals surface area contributed by atoms with Gasteiger partial charge >= 0.3 is 12.3 Å². The van der Waals surface area contributed by atoms with Crippen LogP contribution in [-0.2, 0) is 9.47 Å². The van der Waals surface area contributed by atoms with Crippen molar-refractivity contribution in [1.29, 1.82) is 0 Å². The molecule has 308 valence electrons. The van der Waals surface area contributed by atoms with Crippen molar-refractivity contribution in [1.82, 2.24) is 10.6 Å². The summed E-state index contributed by atoms with van der Waals surface area (Å²) in [6, 6.07) is 9.47. The van der Waals surface area contributed by atoms with Crippen molar-refractivity contribution in [2.45, 2.75) is 105 Å². The van der Waals surface area contributed by atoms with E-state index in [0.29, 0.717) is 36.4 Å². The SMILES string of the molecule is CCCCCCC(CCNC(=O)c1ccc(OC)cc1OC(=O)OCC)CSCC(CCCCCC)CCNC(=O)c1ccc(OC)cc1OC(=O)OCC. The normalized spacial score (nSPS) is 11.9. The lowest BCUT2D eigenvalue weighted by Crippen LogP contribution is -2.28. The molecule has 0 fully saturated rings. The van der Waals surface area contributed by atoms with Gasteiger partial charge in [0.25, 0.3) is 11.8 Å². The summed E-state index contributed by atoms with van der Waals surface area (Å²) in [5.41, 5.74) is 0.464. The van der Waals surface area contributed by atoms with Crippen LogP contribution in [0.3, 0.4) is 0 Å². The third-order valence-corrected chi connectivity index (χ3v) is 10.5. The average Bonchev–Trinajstić information content (AvgIpc) is 3.17. The second kappa shape index (κ2) is 28.3. The van der Waals surface area contributed by atoms with Crippen LogP contribution in [0.4, 0.5) is 9.59 Å². The molecular formula is C42H64N2O10S. The molecule has 0 aliphatic carbocycles. The Morgan fingerprint density at radius 2 is 1.00 bits per heavy atom. The molecule has 2 rings (SSSR count). The van der Waals surface area contributed by atoms with E-state index in [4.69, 9.17) is 28.4 Å². The van der Waals surface area contributed by atoms with Crippen LogP contribution >= 0.6 is 11.8 Å². The molecule has 0 saturated carbocycles. The Morgan fingerprint density at radius 3 is 1.36 bits per heavy atom. The molecule has 0 aliphatic heterocycles. The fourth-order valence-corrected chi connectivity index (χ4v) is 7.46. The first-order chi connectivity index (χ1) is 26.7. The summed E-state index contributed by atoms with van der Waals surface area (Å²) in [5.74, 6) is 3.19. The van der Waals surface area contributed by atoms with Gasteiger partial charge < -0.3 is 39.1 Å². The Balaban J connectivity index is 2.03. The van der Waals surface area contributed by atoms with Gasteiger partial charge in [-0.1, -0.05) is 65.2 Å². The van der Waals surface area contributed by atoms with Crippen LogP contribution in [0.2, 0.25) is 0 Å². The lowest BCUT2D eigenvalue weighted by molar-refractivity contribution is 0.0921. The fourth-order valence-electron chi connectivity index (χ4n) is 5.99. The number of methoxy groups -OCH3 is 2. The highest BCUT2D eigenvalue weighted by Gasteiger charge is 2.20. The second-order valence-electron chi connectivity index (χ2n) is 13.4. The highest BCUT2D eigenvalue weighted by molar-refractivity contribution is 7.99. The topological polar surface area (TPSA) is 148 Å². The first-order valence-electron chi connectivity index (χ1n) is 19.9. The van der Waals surface area contributed by atoms with Crippen LogP contribution in [0.25, 0.3) is 0 Å². The van der Waals surface area contributed by atoms with Crippen LogP contribution in [0, 0.1) is 11.8 Å². The first kappa shape index (κ1) is 47.0. The van der Waals surface area contributed by atoms with Gasteiger partial charge in [0.1, 0.15) is 11.5 Å². The van der Waals surface area contributed by atoms with Crippen molar-refractivity contribution in [3.05, 3.63) is 47.5 Å². The molecule has 12 nitrogen and oxygen atoms in total. The molecule has 2 amide bonds. The number of hydrogen-bond donors (Lipinski definition) is 2. The van der Waals surface area contributed by atoms with E-state index in [9.17, 15) is 19.2 Å². The Labute approximate surface area is 332 Å². The standard InChI is InChI=1S/C42H64N2O10S/c1-7-11-13-15-17-31(23-25-43-39(45)35-21-19-33(49-5)27-37(35)53-41(47)51-9-3)29-55-30-32(18-16-14-12-8-2)24-26-44-40(46)36-22-20-34(50-6)28-38(36)54-42(48)52-10-4/h19-22,27-28,31-32H,7-18,23-26,29-30H2,1-6H3,(H,43,45)(H,44,46). The summed E-state index contributed by atoms with van der Waals surface area (Å²) in [6.07, 6.45) is 11.4. The fraction of sp³-hybridized carbons (Fsp3) is 0.619. The maximum atomic E-state index is 13.2. The van der Waals surface area contributed by atoms with E-state index >= 15 is 0 Å². The van der Waals surface area contributed by atoms with E-state index in [2.05, 4.69) is 24.5 Å². The van der Waals surface area contributed by atoms with E-state index in [1.165, 1.54) is 64.9 Å². The quantitative estimate of drug-likeness (QED) is 0.0483. The molecule has 0 radical (unpaired) electrons. The molecule has 2 aromatic rings. The van der Waals surface area contributed by atoms with Gasteiger partial charge in [0.05, 0.1) is 38.6 Å². The maximum absolute atomic E-state index is 13.2. The van der Waals surface area contributed by atoms with Gasteiger partial charge in [0, 0.05) is 25.2 Å². The summed E-state index contributed by atoms with van der Waals surface area (Å²) < 4.78 is 31.0. The van der Waals surface area contributed by atoms with E-state index in [1.807, 2.05) is 11.8 Å².